The van der Waals surface area contributed by atoms with Gasteiger partial charge in [-0.2, -0.15) is 13.2 Å². The van der Waals surface area contributed by atoms with Gasteiger partial charge in [-0.05, 0) is 18.2 Å². The van der Waals surface area contributed by atoms with Crippen LogP contribution in [0.15, 0.2) is 24.3 Å². The first-order valence-corrected chi connectivity index (χ1v) is 5.76. The molecule has 0 bridgehead atoms. The maximum Gasteiger partial charge on any atom is 0.416 e. The van der Waals surface area contributed by atoms with E-state index in [1.165, 1.54) is 12.1 Å². The second-order valence-corrected chi connectivity index (χ2v) is 4.15. The number of amides is 1. The average molecular weight is 274 g/mol. The lowest BCUT2D eigenvalue weighted by molar-refractivity contribution is -0.137. The Labute approximate surface area is 107 Å². The fraction of sp³-hybridized carbons (Fsp3) is 0.417. The highest BCUT2D eigenvalue weighted by atomic mass is 19.4. The number of carbonyl (C=O) groups is 1. The van der Waals surface area contributed by atoms with Crippen molar-refractivity contribution in [3.05, 3.63) is 29.8 Å². The molecule has 1 aromatic carbocycles. The summed E-state index contributed by atoms with van der Waals surface area (Å²) >= 11 is 0. The molecule has 1 aromatic rings. The molecule has 2 rings (SSSR count). The zero-order valence-corrected chi connectivity index (χ0v) is 9.96. The van der Waals surface area contributed by atoms with E-state index < -0.39 is 23.7 Å². The normalized spacial score (nSPS) is 20.1. The Balaban J connectivity index is 2.04. The van der Waals surface area contributed by atoms with E-state index in [2.05, 4.69) is 10.6 Å². The van der Waals surface area contributed by atoms with Crippen LogP contribution < -0.4 is 10.6 Å². The molecule has 0 spiro atoms. The molecule has 0 radical (unpaired) electrons. The SMILES string of the molecule is O=C(Nc1cccc(C(F)(F)F)c1)[C@H]1COCCN1. The minimum atomic E-state index is -4.42. The number of nitrogens with one attached hydrogen (secondary N) is 2. The summed E-state index contributed by atoms with van der Waals surface area (Å²) in [5, 5.41) is 5.37. The van der Waals surface area contributed by atoms with Gasteiger partial charge >= 0.3 is 6.18 Å². The van der Waals surface area contributed by atoms with Crippen molar-refractivity contribution in [2.24, 2.45) is 0 Å². The fourth-order valence-corrected chi connectivity index (χ4v) is 1.74. The molecule has 104 valence electrons. The van der Waals surface area contributed by atoms with E-state index >= 15 is 0 Å². The number of anilines is 1. The van der Waals surface area contributed by atoms with Gasteiger partial charge in [0.05, 0.1) is 18.8 Å². The largest absolute Gasteiger partial charge is 0.416 e. The van der Waals surface area contributed by atoms with Crippen molar-refractivity contribution in [1.29, 1.82) is 0 Å². The molecule has 0 saturated carbocycles. The Morgan fingerprint density at radius 1 is 1.42 bits per heavy atom. The van der Waals surface area contributed by atoms with Gasteiger partial charge in [0.25, 0.3) is 0 Å². The van der Waals surface area contributed by atoms with Crippen molar-refractivity contribution >= 4 is 11.6 Å². The Hall–Kier alpha value is -1.60. The van der Waals surface area contributed by atoms with Crippen LogP contribution in [0.1, 0.15) is 5.56 Å². The molecule has 1 atom stereocenters. The third kappa shape index (κ3) is 3.68. The quantitative estimate of drug-likeness (QED) is 0.862. The number of benzene rings is 1. The van der Waals surface area contributed by atoms with Gasteiger partial charge in [-0.1, -0.05) is 6.07 Å². The molecule has 4 nitrogen and oxygen atoms in total. The molecule has 1 aliphatic rings. The van der Waals surface area contributed by atoms with Gasteiger partial charge < -0.3 is 15.4 Å². The number of ether oxygens (including phenoxy) is 1. The molecule has 0 aromatic heterocycles. The van der Waals surface area contributed by atoms with Crippen LogP contribution in [-0.4, -0.2) is 31.7 Å². The topological polar surface area (TPSA) is 50.4 Å². The van der Waals surface area contributed by atoms with E-state index in [0.717, 1.165) is 12.1 Å². The van der Waals surface area contributed by atoms with Crippen molar-refractivity contribution in [2.45, 2.75) is 12.2 Å². The first kappa shape index (κ1) is 13.8. The number of morpholine rings is 1. The van der Waals surface area contributed by atoms with Crippen LogP contribution in [0.4, 0.5) is 18.9 Å². The van der Waals surface area contributed by atoms with E-state index in [1.54, 1.807) is 0 Å². The lowest BCUT2D eigenvalue weighted by Gasteiger charge is -2.23. The second-order valence-electron chi connectivity index (χ2n) is 4.15. The van der Waals surface area contributed by atoms with Crippen molar-refractivity contribution in [3.63, 3.8) is 0 Å². The highest BCUT2D eigenvalue weighted by molar-refractivity contribution is 5.95. The molecule has 2 N–H and O–H groups in total. The number of hydrogen-bond donors (Lipinski definition) is 2. The Kier molecular flexibility index (Phi) is 4.06. The van der Waals surface area contributed by atoms with Crippen LogP contribution in [0.3, 0.4) is 0 Å². The highest BCUT2D eigenvalue weighted by Crippen LogP contribution is 2.30. The van der Waals surface area contributed by atoms with Crippen molar-refractivity contribution in [1.82, 2.24) is 5.32 Å². The number of halogens is 3. The summed E-state index contributed by atoms with van der Waals surface area (Å²) in [6.07, 6.45) is -4.42. The Morgan fingerprint density at radius 3 is 2.84 bits per heavy atom. The van der Waals surface area contributed by atoms with Crippen LogP contribution in [-0.2, 0) is 15.7 Å². The highest BCUT2D eigenvalue weighted by Gasteiger charge is 2.30. The van der Waals surface area contributed by atoms with Crippen LogP contribution in [0.2, 0.25) is 0 Å². The smallest absolute Gasteiger partial charge is 0.378 e. The zero-order valence-electron chi connectivity index (χ0n) is 9.96. The van der Waals surface area contributed by atoms with Gasteiger partial charge in [0.15, 0.2) is 0 Å². The summed E-state index contributed by atoms with van der Waals surface area (Å²) in [6.45, 7) is 1.28. The van der Waals surface area contributed by atoms with Crippen LogP contribution in [0.5, 0.6) is 0 Å². The number of carbonyl (C=O) groups excluding carboxylic acids is 1. The molecule has 1 saturated heterocycles. The minimum Gasteiger partial charge on any atom is -0.378 e. The number of rotatable bonds is 2. The Bertz CT molecular complexity index is 457. The minimum absolute atomic E-state index is 0.118. The Morgan fingerprint density at radius 2 is 2.21 bits per heavy atom. The zero-order chi connectivity index (χ0) is 13.9. The molecule has 0 aliphatic carbocycles. The van der Waals surface area contributed by atoms with E-state index in [9.17, 15) is 18.0 Å². The summed E-state index contributed by atoms with van der Waals surface area (Å²) in [5.41, 5.74) is -0.676. The molecular weight excluding hydrogens is 261 g/mol. The van der Waals surface area contributed by atoms with E-state index in [-0.39, 0.29) is 12.3 Å². The van der Waals surface area contributed by atoms with Gasteiger partial charge in [0.2, 0.25) is 5.91 Å². The van der Waals surface area contributed by atoms with Crippen LogP contribution >= 0.6 is 0 Å². The number of alkyl halides is 3. The van der Waals surface area contributed by atoms with Gasteiger partial charge in [-0.15, -0.1) is 0 Å². The fourth-order valence-electron chi connectivity index (χ4n) is 1.74. The summed E-state index contributed by atoms with van der Waals surface area (Å²) < 4.78 is 42.7. The third-order valence-electron chi connectivity index (χ3n) is 2.70. The molecule has 7 heteroatoms. The van der Waals surface area contributed by atoms with E-state index in [0.29, 0.717) is 13.2 Å². The lowest BCUT2D eigenvalue weighted by Crippen LogP contribution is -2.48. The van der Waals surface area contributed by atoms with Crippen LogP contribution in [0.25, 0.3) is 0 Å². The predicted octanol–water partition coefficient (Wildman–Crippen LogP) is 1.63. The maximum atomic E-state index is 12.5. The standard InChI is InChI=1S/C12H13F3N2O2/c13-12(14,15)8-2-1-3-9(6-8)17-11(18)10-7-19-5-4-16-10/h1-3,6,10,16H,4-5,7H2,(H,17,18)/t10-/m1/s1. The van der Waals surface area contributed by atoms with Crippen molar-refractivity contribution in [2.75, 3.05) is 25.1 Å². The summed E-state index contributed by atoms with van der Waals surface area (Å²) in [7, 11) is 0. The molecule has 0 unspecified atom stereocenters. The van der Waals surface area contributed by atoms with Crippen molar-refractivity contribution < 1.29 is 22.7 Å². The van der Waals surface area contributed by atoms with Crippen molar-refractivity contribution in [3.8, 4) is 0 Å². The molecule has 19 heavy (non-hydrogen) atoms. The second kappa shape index (κ2) is 5.58. The lowest BCUT2D eigenvalue weighted by atomic mass is 10.2. The third-order valence-corrected chi connectivity index (χ3v) is 2.70. The van der Waals surface area contributed by atoms with E-state index in [1.807, 2.05) is 0 Å². The van der Waals surface area contributed by atoms with Gasteiger partial charge in [-0.3, -0.25) is 4.79 Å². The van der Waals surface area contributed by atoms with Crippen LogP contribution in [0, 0.1) is 0 Å². The maximum absolute atomic E-state index is 12.5. The summed E-state index contributed by atoms with van der Waals surface area (Å²) in [5.74, 6) is -0.404. The van der Waals surface area contributed by atoms with Gasteiger partial charge in [0, 0.05) is 12.2 Å². The molecule has 1 amide bonds. The molecule has 1 fully saturated rings. The molecule has 1 heterocycles. The van der Waals surface area contributed by atoms with Gasteiger partial charge in [0.1, 0.15) is 6.04 Å². The average Bonchev–Trinajstić information content (AvgIpc) is 2.39. The first-order valence-electron chi connectivity index (χ1n) is 5.76. The number of hydrogen-bond acceptors (Lipinski definition) is 3. The first-order chi connectivity index (χ1) is 8.97. The molecular formula is C12H13F3N2O2. The summed E-state index contributed by atoms with van der Waals surface area (Å²) in [4.78, 5) is 11.8. The van der Waals surface area contributed by atoms with E-state index in [4.69, 9.17) is 4.74 Å². The summed E-state index contributed by atoms with van der Waals surface area (Å²) in [6, 6.07) is 3.99. The predicted molar refractivity (Wildman–Crippen MR) is 62.7 cm³/mol. The van der Waals surface area contributed by atoms with Gasteiger partial charge in [-0.25, -0.2) is 0 Å². The monoisotopic (exact) mass is 274 g/mol. The molecule has 1 aliphatic heterocycles.